The van der Waals surface area contributed by atoms with Crippen LogP contribution in [-0.4, -0.2) is 20.3 Å². The summed E-state index contributed by atoms with van der Waals surface area (Å²) < 4.78 is 10.9. The molecule has 2 unspecified atom stereocenters. The fraction of sp³-hybridized carbons (Fsp3) is 0.667. The molecule has 2 atom stereocenters. The standard InChI is InChI=1S/C12H19NO2/c1-9-6-11(8-15-9)12(13-2)10-4-3-5-14-7-10/h6,8,10,12-13H,3-5,7H2,1-2H3. The maximum absolute atomic E-state index is 5.52. The van der Waals surface area contributed by atoms with Crippen LogP contribution in [0.25, 0.3) is 0 Å². The highest BCUT2D eigenvalue weighted by Crippen LogP contribution is 2.29. The maximum atomic E-state index is 5.52. The number of furan rings is 1. The SMILES string of the molecule is CNC(c1coc(C)c1)C1CCCOC1. The van der Waals surface area contributed by atoms with Crippen LogP contribution in [-0.2, 0) is 4.74 Å². The van der Waals surface area contributed by atoms with E-state index in [1.54, 1.807) is 0 Å². The molecule has 15 heavy (non-hydrogen) atoms. The lowest BCUT2D eigenvalue weighted by molar-refractivity contribution is 0.0401. The van der Waals surface area contributed by atoms with Gasteiger partial charge in [-0.3, -0.25) is 0 Å². The average Bonchev–Trinajstić information content (AvgIpc) is 2.68. The van der Waals surface area contributed by atoms with Crippen molar-refractivity contribution >= 4 is 0 Å². The third-order valence-electron chi connectivity index (χ3n) is 3.09. The van der Waals surface area contributed by atoms with Gasteiger partial charge in [-0.25, -0.2) is 0 Å². The van der Waals surface area contributed by atoms with E-state index < -0.39 is 0 Å². The molecule has 0 saturated carbocycles. The predicted molar refractivity (Wildman–Crippen MR) is 58.8 cm³/mol. The number of ether oxygens (including phenoxy) is 1. The predicted octanol–water partition coefficient (Wildman–Crippen LogP) is 2.28. The van der Waals surface area contributed by atoms with Gasteiger partial charge in [0.05, 0.1) is 12.9 Å². The number of hydrogen-bond donors (Lipinski definition) is 1. The Balaban J connectivity index is 2.08. The molecule has 0 aromatic carbocycles. The van der Waals surface area contributed by atoms with E-state index in [0.717, 1.165) is 19.0 Å². The van der Waals surface area contributed by atoms with Crippen LogP contribution in [0.2, 0.25) is 0 Å². The van der Waals surface area contributed by atoms with Crippen molar-refractivity contribution in [2.24, 2.45) is 5.92 Å². The molecule has 1 saturated heterocycles. The quantitative estimate of drug-likeness (QED) is 0.829. The normalized spacial score (nSPS) is 24.0. The third-order valence-corrected chi connectivity index (χ3v) is 3.09. The van der Waals surface area contributed by atoms with Gasteiger partial charge in [-0.15, -0.1) is 0 Å². The van der Waals surface area contributed by atoms with Gasteiger partial charge < -0.3 is 14.5 Å². The van der Waals surface area contributed by atoms with Crippen molar-refractivity contribution in [3.8, 4) is 0 Å². The number of rotatable bonds is 3. The Hall–Kier alpha value is -0.800. The molecule has 0 amide bonds. The van der Waals surface area contributed by atoms with Crippen LogP contribution in [0.4, 0.5) is 0 Å². The Morgan fingerprint density at radius 3 is 2.93 bits per heavy atom. The van der Waals surface area contributed by atoms with Crippen LogP contribution in [0.3, 0.4) is 0 Å². The second kappa shape index (κ2) is 4.81. The zero-order valence-electron chi connectivity index (χ0n) is 9.45. The van der Waals surface area contributed by atoms with Crippen molar-refractivity contribution in [2.75, 3.05) is 20.3 Å². The van der Waals surface area contributed by atoms with Crippen LogP contribution in [0.1, 0.15) is 30.2 Å². The second-order valence-electron chi connectivity index (χ2n) is 4.23. The molecule has 3 heteroatoms. The summed E-state index contributed by atoms with van der Waals surface area (Å²) in [6.45, 7) is 3.75. The fourth-order valence-electron chi connectivity index (χ4n) is 2.33. The summed E-state index contributed by atoms with van der Waals surface area (Å²) in [6, 6.07) is 2.47. The van der Waals surface area contributed by atoms with Crippen LogP contribution < -0.4 is 5.32 Å². The lowest BCUT2D eigenvalue weighted by Crippen LogP contribution is -2.31. The molecule has 1 aromatic rings. The molecule has 0 aliphatic carbocycles. The van der Waals surface area contributed by atoms with Crippen LogP contribution in [0, 0.1) is 12.8 Å². The van der Waals surface area contributed by atoms with Gasteiger partial charge in [-0.2, -0.15) is 0 Å². The topological polar surface area (TPSA) is 34.4 Å². The first-order chi connectivity index (χ1) is 7.31. The zero-order chi connectivity index (χ0) is 10.7. The first-order valence-electron chi connectivity index (χ1n) is 5.61. The Kier molecular flexibility index (Phi) is 3.44. The summed E-state index contributed by atoms with van der Waals surface area (Å²) >= 11 is 0. The van der Waals surface area contributed by atoms with E-state index in [1.165, 1.54) is 18.4 Å². The molecule has 84 valence electrons. The van der Waals surface area contributed by atoms with Gasteiger partial charge in [-0.1, -0.05) is 0 Å². The molecule has 0 radical (unpaired) electrons. The lowest BCUT2D eigenvalue weighted by atomic mass is 9.90. The van der Waals surface area contributed by atoms with Crippen LogP contribution >= 0.6 is 0 Å². The van der Waals surface area contributed by atoms with Gasteiger partial charge in [0.1, 0.15) is 5.76 Å². The molecule has 1 aliphatic heterocycles. The minimum atomic E-state index is 0.364. The summed E-state index contributed by atoms with van der Waals surface area (Å²) in [5, 5.41) is 3.36. The summed E-state index contributed by atoms with van der Waals surface area (Å²) in [6.07, 6.45) is 4.25. The van der Waals surface area contributed by atoms with Crippen molar-refractivity contribution in [3.05, 3.63) is 23.7 Å². The van der Waals surface area contributed by atoms with E-state index in [4.69, 9.17) is 9.15 Å². The number of nitrogens with one attached hydrogen (secondary N) is 1. The maximum Gasteiger partial charge on any atom is 0.101 e. The number of hydrogen-bond acceptors (Lipinski definition) is 3. The minimum Gasteiger partial charge on any atom is -0.469 e. The molecule has 0 bridgehead atoms. The first kappa shape index (κ1) is 10.7. The summed E-state index contributed by atoms with van der Waals surface area (Å²) in [4.78, 5) is 0. The van der Waals surface area contributed by atoms with Crippen molar-refractivity contribution in [2.45, 2.75) is 25.8 Å². The smallest absolute Gasteiger partial charge is 0.101 e. The summed E-state index contributed by atoms with van der Waals surface area (Å²) in [5.74, 6) is 1.54. The van der Waals surface area contributed by atoms with Crippen molar-refractivity contribution in [1.29, 1.82) is 0 Å². The van der Waals surface area contributed by atoms with Gasteiger partial charge in [0.25, 0.3) is 0 Å². The highest BCUT2D eigenvalue weighted by atomic mass is 16.5. The molecular weight excluding hydrogens is 190 g/mol. The van der Waals surface area contributed by atoms with Crippen molar-refractivity contribution in [3.63, 3.8) is 0 Å². The number of aryl methyl sites for hydroxylation is 1. The van der Waals surface area contributed by atoms with E-state index in [0.29, 0.717) is 12.0 Å². The Morgan fingerprint density at radius 1 is 1.53 bits per heavy atom. The van der Waals surface area contributed by atoms with Crippen LogP contribution in [0.5, 0.6) is 0 Å². The molecule has 1 aromatic heterocycles. The lowest BCUT2D eigenvalue weighted by Gasteiger charge is -2.29. The summed E-state index contributed by atoms with van der Waals surface area (Å²) in [7, 11) is 2.00. The van der Waals surface area contributed by atoms with E-state index in [9.17, 15) is 0 Å². The molecule has 2 heterocycles. The van der Waals surface area contributed by atoms with Gasteiger partial charge in [-0.05, 0) is 32.9 Å². The van der Waals surface area contributed by atoms with Crippen molar-refractivity contribution < 1.29 is 9.15 Å². The fourth-order valence-corrected chi connectivity index (χ4v) is 2.33. The van der Waals surface area contributed by atoms with Gasteiger partial charge in [0.15, 0.2) is 0 Å². The highest BCUT2D eigenvalue weighted by Gasteiger charge is 2.25. The largest absolute Gasteiger partial charge is 0.469 e. The molecular formula is C12H19NO2. The summed E-state index contributed by atoms with van der Waals surface area (Å²) in [5.41, 5.74) is 1.24. The Bertz CT molecular complexity index is 302. The minimum absolute atomic E-state index is 0.364. The zero-order valence-corrected chi connectivity index (χ0v) is 9.45. The van der Waals surface area contributed by atoms with E-state index in [2.05, 4.69) is 11.4 Å². The van der Waals surface area contributed by atoms with E-state index >= 15 is 0 Å². The van der Waals surface area contributed by atoms with E-state index in [-0.39, 0.29) is 0 Å². The van der Waals surface area contributed by atoms with Gasteiger partial charge in [0.2, 0.25) is 0 Å². The van der Waals surface area contributed by atoms with E-state index in [1.807, 2.05) is 20.2 Å². The van der Waals surface area contributed by atoms with Crippen molar-refractivity contribution in [1.82, 2.24) is 5.32 Å². The molecule has 1 fully saturated rings. The van der Waals surface area contributed by atoms with Gasteiger partial charge >= 0.3 is 0 Å². The first-order valence-corrected chi connectivity index (χ1v) is 5.61. The molecule has 3 nitrogen and oxygen atoms in total. The second-order valence-corrected chi connectivity index (χ2v) is 4.23. The highest BCUT2D eigenvalue weighted by molar-refractivity contribution is 5.17. The molecule has 0 spiro atoms. The third kappa shape index (κ3) is 2.41. The average molecular weight is 209 g/mol. The van der Waals surface area contributed by atoms with Crippen LogP contribution in [0.15, 0.2) is 16.7 Å². The molecule has 1 N–H and O–H groups in total. The monoisotopic (exact) mass is 209 g/mol. The Labute approximate surface area is 90.8 Å². The Morgan fingerprint density at radius 2 is 2.40 bits per heavy atom. The molecule has 2 rings (SSSR count). The molecule has 1 aliphatic rings. The van der Waals surface area contributed by atoms with Gasteiger partial charge in [0, 0.05) is 24.1 Å².